The van der Waals surface area contributed by atoms with Gasteiger partial charge in [-0.3, -0.25) is 14.4 Å². The van der Waals surface area contributed by atoms with E-state index in [4.69, 9.17) is 0 Å². The van der Waals surface area contributed by atoms with Crippen molar-refractivity contribution in [3.8, 4) is 0 Å². The molecule has 2 aliphatic rings. The van der Waals surface area contributed by atoms with Crippen molar-refractivity contribution in [3.63, 3.8) is 0 Å². The fraction of sp³-hybridized carbons (Fsp3) is 0.583. The van der Waals surface area contributed by atoms with Gasteiger partial charge in [-0.2, -0.15) is 5.10 Å². The zero-order valence-electron chi connectivity index (χ0n) is 18.6. The molecule has 3 heterocycles. The number of carbonyl (C=O) groups excluding carboxylic acids is 1. The topological polar surface area (TPSA) is 53.4 Å². The van der Waals surface area contributed by atoms with Gasteiger partial charge in [-0.05, 0) is 56.7 Å². The first kappa shape index (κ1) is 20.9. The molecule has 1 N–H and O–H groups in total. The van der Waals surface area contributed by atoms with Gasteiger partial charge in [0.15, 0.2) is 0 Å². The number of nitrogens with zero attached hydrogens (tertiary/aromatic N) is 4. The van der Waals surface area contributed by atoms with E-state index >= 15 is 0 Å². The molecule has 30 heavy (non-hydrogen) atoms. The minimum absolute atomic E-state index is 0.236. The van der Waals surface area contributed by atoms with E-state index in [9.17, 15) is 4.79 Å². The largest absolute Gasteiger partial charge is 0.385 e. The van der Waals surface area contributed by atoms with Crippen LogP contribution in [0.3, 0.4) is 0 Å². The molecule has 2 atom stereocenters. The Morgan fingerprint density at radius 2 is 2.00 bits per heavy atom. The Balaban J connectivity index is 1.56. The number of hydrogen-bond donors (Lipinski definition) is 1. The minimum atomic E-state index is 0.236. The third-order valence-electron chi connectivity index (χ3n) is 6.61. The molecular formula is C24H35N5O. The number of benzene rings is 1. The molecule has 6 nitrogen and oxygen atoms in total. The highest BCUT2D eigenvalue weighted by Crippen LogP contribution is 2.31. The molecule has 0 saturated carbocycles. The molecule has 162 valence electrons. The number of hydrogen-bond acceptors (Lipinski definition) is 4. The SMILES string of the molecule is CC(C)N1[C@H]2CCNc3ccccc3CN(C(=O)CCc3cnn(C)c3)C[C@@H]1CC2. The maximum Gasteiger partial charge on any atom is 0.223 e. The Kier molecular flexibility index (Phi) is 6.42. The lowest BCUT2D eigenvalue weighted by molar-refractivity contribution is -0.132. The van der Waals surface area contributed by atoms with Gasteiger partial charge in [-0.15, -0.1) is 0 Å². The molecule has 2 aliphatic heterocycles. The second kappa shape index (κ2) is 9.21. The van der Waals surface area contributed by atoms with Crippen molar-refractivity contribution in [2.24, 2.45) is 7.05 Å². The lowest BCUT2D eigenvalue weighted by atomic mass is 10.1. The molecule has 1 saturated heterocycles. The van der Waals surface area contributed by atoms with Crippen LogP contribution < -0.4 is 5.32 Å². The van der Waals surface area contributed by atoms with E-state index < -0.39 is 0 Å². The first-order chi connectivity index (χ1) is 14.5. The lowest BCUT2D eigenvalue weighted by Crippen LogP contribution is -2.48. The summed E-state index contributed by atoms with van der Waals surface area (Å²) in [5.74, 6) is 0.236. The molecule has 0 aliphatic carbocycles. The first-order valence-electron chi connectivity index (χ1n) is 11.4. The van der Waals surface area contributed by atoms with E-state index in [1.165, 1.54) is 18.4 Å². The molecule has 4 rings (SSSR count). The van der Waals surface area contributed by atoms with E-state index in [0.29, 0.717) is 31.1 Å². The van der Waals surface area contributed by atoms with Crippen LogP contribution in [-0.2, 0) is 24.8 Å². The van der Waals surface area contributed by atoms with Crippen molar-refractivity contribution in [3.05, 3.63) is 47.8 Å². The predicted octanol–water partition coefficient (Wildman–Crippen LogP) is 3.44. The number of para-hydroxylation sites is 1. The lowest BCUT2D eigenvalue weighted by Gasteiger charge is -2.36. The van der Waals surface area contributed by atoms with Gasteiger partial charge in [0.05, 0.1) is 6.20 Å². The standard InChI is InChI=1S/C24H35N5O/c1-18(2)29-21-9-10-22(29)17-28(24(30)11-8-19-14-26-27(3)15-19)16-20-6-4-5-7-23(20)25-13-12-21/h4-7,14-15,18,21-22,25H,8-13,16-17H2,1-3H3/t21-,22+/m1/s1. The third-order valence-corrected chi connectivity index (χ3v) is 6.61. The second-order valence-electron chi connectivity index (χ2n) is 9.10. The average Bonchev–Trinajstić information content (AvgIpc) is 3.31. The van der Waals surface area contributed by atoms with Crippen molar-refractivity contribution in [1.82, 2.24) is 19.6 Å². The van der Waals surface area contributed by atoms with E-state index in [-0.39, 0.29) is 5.91 Å². The molecule has 0 radical (unpaired) electrons. The highest BCUT2D eigenvalue weighted by molar-refractivity contribution is 5.76. The van der Waals surface area contributed by atoms with Crippen LogP contribution >= 0.6 is 0 Å². The molecule has 1 aromatic heterocycles. The van der Waals surface area contributed by atoms with Crippen LogP contribution in [0.4, 0.5) is 5.69 Å². The van der Waals surface area contributed by atoms with Crippen molar-refractivity contribution in [1.29, 1.82) is 0 Å². The number of rotatable bonds is 4. The summed E-state index contributed by atoms with van der Waals surface area (Å²) in [5.41, 5.74) is 3.49. The maximum absolute atomic E-state index is 13.3. The van der Waals surface area contributed by atoms with Gasteiger partial charge < -0.3 is 10.2 Å². The minimum Gasteiger partial charge on any atom is -0.385 e. The third kappa shape index (κ3) is 4.69. The van der Waals surface area contributed by atoms with Crippen LogP contribution in [0.1, 0.15) is 50.7 Å². The summed E-state index contributed by atoms with van der Waals surface area (Å²) >= 11 is 0. The summed E-state index contributed by atoms with van der Waals surface area (Å²) in [6.45, 7) is 7.05. The smallest absolute Gasteiger partial charge is 0.223 e. The van der Waals surface area contributed by atoms with Crippen LogP contribution in [0, 0.1) is 0 Å². The highest BCUT2D eigenvalue weighted by Gasteiger charge is 2.36. The fourth-order valence-corrected chi connectivity index (χ4v) is 5.23. The van der Waals surface area contributed by atoms with Crippen LogP contribution in [0.15, 0.2) is 36.7 Å². The van der Waals surface area contributed by atoms with Gasteiger partial charge in [0, 0.05) is 63.1 Å². The van der Waals surface area contributed by atoms with Crippen molar-refractivity contribution < 1.29 is 4.79 Å². The number of aromatic nitrogens is 2. The molecule has 0 spiro atoms. The number of carbonyl (C=O) groups is 1. The molecule has 0 unspecified atom stereocenters. The molecule has 2 aromatic rings. The molecular weight excluding hydrogens is 374 g/mol. The first-order valence-corrected chi connectivity index (χ1v) is 11.4. The number of amides is 1. The van der Waals surface area contributed by atoms with Crippen LogP contribution in [0.2, 0.25) is 0 Å². The fourth-order valence-electron chi connectivity index (χ4n) is 5.23. The Bertz CT molecular complexity index is 861. The van der Waals surface area contributed by atoms with Crippen molar-refractivity contribution in [2.45, 2.75) is 70.6 Å². The maximum atomic E-state index is 13.3. The summed E-state index contributed by atoms with van der Waals surface area (Å²) in [6.07, 6.45) is 8.69. The van der Waals surface area contributed by atoms with Gasteiger partial charge in [0.2, 0.25) is 5.91 Å². The van der Waals surface area contributed by atoms with Gasteiger partial charge in [0.1, 0.15) is 0 Å². The van der Waals surface area contributed by atoms with Crippen LogP contribution in [-0.4, -0.2) is 56.7 Å². The van der Waals surface area contributed by atoms with E-state index in [1.807, 2.05) is 19.4 Å². The van der Waals surface area contributed by atoms with Crippen LogP contribution in [0.25, 0.3) is 0 Å². The van der Waals surface area contributed by atoms with E-state index in [2.05, 4.69) is 58.3 Å². The number of anilines is 1. The average molecular weight is 410 g/mol. The van der Waals surface area contributed by atoms with Gasteiger partial charge in [0.25, 0.3) is 0 Å². The zero-order valence-corrected chi connectivity index (χ0v) is 18.6. The van der Waals surface area contributed by atoms with E-state index in [0.717, 1.165) is 37.2 Å². The van der Waals surface area contributed by atoms with E-state index in [1.54, 1.807) is 4.68 Å². The Labute approximate surface area is 180 Å². The number of fused-ring (bicyclic) bond motifs is 3. The number of aryl methyl sites for hydroxylation is 2. The van der Waals surface area contributed by atoms with Gasteiger partial charge in [-0.25, -0.2) is 0 Å². The Morgan fingerprint density at radius 1 is 1.20 bits per heavy atom. The second-order valence-corrected chi connectivity index (χ2v) is 9.10. The molecule has 2 bridgehead atoms. The summed E-state index contributed by atoms with van der Waals surface area (Å²) < 4.78 is 1.80. The summed E-state index contributed by atoms with van der Waals surface area (Å²) in [6, 6.07) is 9.99. The van der Waals surface area contributed by atoms with Crippen LogP contribution in [0.5, 0.6) is 0 Å². The monoisotopic (exact) mass is 409 g/mol. The Morgan fingerprint density at radius 3 is 2.77 bits per heavy atom. The normalized spacial score (nSPS) is 22.5. The van der Waals surface area contributed by atoms with Gasteiger partial charge >= 0.3 is 0 Å². The Hall–Kier alpha value is -2.34. The summed E-state index contributed by atoms with van der Waals surface area (Å²) in [7, 11) is 1.92. The van der Waals surface area contributed by atoms with Crippen molar-refractivity contribution in [2.75, 3.05) is 18.4 Å². The summed E-state index contributed by atoms with van der Waals surface area (Å²) in [5, 5.41) is 7.88. The molecule has 1 fully saturated rings. The quantitative estimate of drug-likeness (QED) is 0.841. The molecule has 1 aromatic carbocycles. The van der Waals surface area contributed by atoms with Crippen molar-refractivity contribution >= 4 is 11.6 Å². The molecule has 1 amide bonds. The van der Waals surface area contributed by atoms with Gasteiger partial charge in [-0.1, -0.05) is 18.2 Å². The summed E-state index contributed by atoms with van der Waals surface area (Å²) in [4.78, 5) is 18.1. The predicted molar refractivity (Wildman–Crippen MR) is 120 cm³/mol. The molecule has 6 heteroatoms. The highest BCUT2D eigenvalue weighted by atomic mass is 16.2. The number of nitrogens with one attached hydrogen (secondary N) is 1. The zero-order chi connectivity index (χ0) is 21.1.